The molecule has 0 saturated heterocycles. The van der Waals surface area contributed by atoms with E-state index >= 15 is 0 Å². The number of alkyl halides is 3. The molecular weight excluding hydrogens is 587 g/mol. The molecular formula is C21H25BrF3N5O4S2. The molecule has 0 aliphatic carbocycles. The number of halogens is 4. The third-order valence-electron chi connectivity index (χ3n) is 4.84. The second kappa shape index (κ2) is 12.7. The highest BCUT2D eigenvalue weighted by atomic mass is 79.9. The molecule has 9 nitrogen and oxygen atoms in total. The van der Waals surface area contributed by atoms with Crippen LogP contribution in [0.4, 0.5) is 13.2 Å². The number of benzene rings is 1. The summed E-state index contributed by atoms with van der Waals surface area (Å²) in [5.74, 6) is -0.705. The second-order valence-corrected chi connectivity index (χ2v) is 11.2. The third-order valence-corrected chi connectivity index (χ3v) is 7.74. The summed E-state index contributed by atoms with van der Waals surface area (Å²) in [7, 11) is -3.50. The van der Waals surface area contributed by atoms with Crippen LogP contribution in [-0.4, -0.2) is 80.4 Å². The Morgan fingerprint density at radius 1 is 1.25 bits per heavy atom. The van der Waals surface area contributed by atoms with Crippen LogP contribution >= 0.6 is 27.3 Å². The lowest BCUT2D eigenvalue weighted by atomic mass is 10.2. The molecule has 0 bridgehead atoms. The summed E-state index contributed by atoms with van der Waals surface area (Å²) >= 11 is 3.66. The molecule has 2 aromatic rings. The number of carbonyl (C=O) groups excluding carboxylic acids is 1. The third kappa shape index (κ3) is 8.35. The molecule has 0 radical (unpaired) electrons. The fraction of sp³-hybridized carbons (Fsp3) is 0.429. The van der Waals surface area contributed by atoms with Crippen molar-refractivity contribution in [1.29, 1.82) is 5.41 Å². The van der Waals surface area contributed by atoms with Gasteiger partial charge in [-0.3, -0.25) is 10.2 Å². The number of rotatable bonds is 12. The summed E-state index contributed by atoms with van der Waals surface area (Å²) in [5.41, 5.74) is -1.57. The van der Waals surface area contributed by atoms with Crippen LogP contribution in [0.5, 0.6) is 0 Å². The minimum absolute atomic E-state index is 0.0399. The van der Waals surface area contributed by atoms with Crippen molar-refractivity contribution in [2.24, 2.45) is 0 Å². The quantitative estimate of drug-likeness (QED) is 0.275. The highest BCUT2D eigenvalue weighted by molar-refractivity contribution is 9.12. The van der Waals surface area contributed by atoms with Gasteiger partial charge in [0, 0.05) is 18.4 Å². The smallest absolute Gasteiger partial charge is 0.433 e. The zero-order valence-corrected chi connectivity index (χ0v) is 22.9. The fourth-order valence-corrected chi connectivity index (χ4v) is 5.06. The Hall–Kier alpha value is -2.36. The van der Waals surface area contributed by atoms with Gasteiger partial charge in [-0.2, -0.15) is 13.2 Å². The molecule has 0 saturated carbocycles. The lowest BCUT2D eigenvalue weighted by Gasteiger charge is -2.18. The Labute approximate surface area is 219 Å². The molecule has 1 heterocycles. The van der Waals surface area contributed by atoms with Gasteiger partial charge in [0.05, 0.1) is 15.1 Å². The Balaban J connectivity index is 2.30. The number of carbonyl (C=O) groups is 1. The normalized spacial score (nSPS) is 12.9. The molecule has 2 rings (SSSR count). The van der Waals surface area contributed by atoms with Crippen LogP contribution in [0.1, 0.15) is 18.9 Å². The number of esters is 1. The molecule has 0 fully saturated rings. The summed E-state index contributed by atoms with van der Waals surface area (Å²) in [6.07, 6.45) is -3.92. The van der Waals surface area contributed by atoms with Crippen LogP contribution in [0.3, 0.4) is 0 Å². The monoisotopic (exact) mass is 611 g/mol. The van der Waals surface area contributed by atoms with Gasteiger partial charge in [-0.15, -0.1) is 10.2 Å². The molecule has 0 aliphatic rings. The summed E-state index contributed by atoms with van der Waals surface area (Å²) in [4.78, 5) is 14.3. The highest BCUT2D eigenvalue weighted by Crippen LogP contribution is 2.33. The standard InChI is InChI=1S/C21H25BrF3N5O4S2/c1-4-30(5-2)9-10-34-15(31)12-27-17(16(22)18(26)21(23,24)25)20-29-28-19(35-20)13-7-6-8-14(11-13)36(3,32)33/h6-8,11,26-27H,4-5,9-10,12H2,1-3H3/b17-16+,26-18?. The molecule has 0 amide bonds. The van der Waals surface area contributed by atoms with Crippen molar-refractivity contribution in [1.82, 2.24) is 20.4 Å². The number of allylic oxidation sites excluding steroid dienone is 1. The summed E-state index contributed by atoms with van der Waals surface area (Å²) < 4.78 is 67.8. The number of nitrogens with one attached hydrogen (secondary N) is 2. The van der Waals surface area contributed by atoms with E-state index < -0.39 is 38.7 Å². The predicted octanol–water partition coefficient (Wildman–Crippen LogP) is 3.73. The first-order chi connectivity index (χ1) is 16.8. The first-order valence-electron chi connectivity index (χ1n) is 10.6. The molecule has 36 heavy (non-hydrogen) atoms. The largest absolute Gasteiger partial charge is 0.463 e. The van der Waals surface area contributed by atoms with Gasteiger partial charge in [0.15, 0.2) is 20.6 Å². The maximum atomic E-state index is 13.2. The van der Waals surface area contributed by atoms with Crippen LogP contribution in [0.25, 0.3) is 16.3 Å². The van der Waals surface area contributed by atoms with E-state index in [2.05, 4.69) is 31.4 Å². The predicted molar refractivity (Wildman–Crippen MR) is 135 cm³/mol. The van der Waals surface area contributed by atoms with Gasteiger partial charge in [-0.1, -0.05) is 37.3 Å². The molecule has 15 heteroatoms. The van der Waals surface area contributed by atoms with E-state index in [-0.39, 0.29) is 27.2 Å². The maximum absolute atomic E-state index is 13.2. The number of hydrogen-bond acceptors (Lipinski definition) is 10. The van der Waals surface area contributed by atoms with Gasteiger partial charge < -0.3 is 15.0 Å². The molecule has 1 aromatic heterocycles. The molecule has 1 aromatic carbocycles. The van der Waals surface area contributed by atoms with E-state index in [0.717, 1.165) is 30.7 Å². The van der Waals surface area contributed by atoms with Gasteiger partial charge in [-0.25, -0.2) is 8.42 Å². The van der Waals surface area contributed by atoms with Crippen LogP contribution in [0.2, 0.25) is 0 Å². The van der Waals surface area contributed by atoms with Crippen molar-refractivity contribution in [3.8, 4) is 10.6 Å². The average molecular weight is 612 g/mol. The van der Waals surface area contributed by atoms with Gasteiger partial charge in [0.1, 0.15) is 18.2 Å². The van der Waals surface area contributed by atoms with Crippen LogP contribution in [0.15, 0.2) is 33.6 Å². The number of nitrogens with zero attached hydrogens (tertiary/aromatic N) is 3. The number of sulfone groups is 1. The topological polar surface area (TPSA) is 125 Å². The van der Waals surface area contributed by atoms with Gasteiger partial charge in [0.25, 0.3) is 0 Å². The number of hydrogen-bond donors (Lipinski definition) is 2. The first kappa shape index (κ1) is 29.9. The summed E-state index contributed by atoms with van der Waals surface area (Å²) in [5, 5.41) is 18.1. The molecule has 0 unspecified atom stereocenters. The number of likely N-dealkylation sites (N-methyl/N-ethyl adjacent to an activating group) is 1. The zero-order chi connectivity index (χ0) is 27.1. The Kier molecular flexibility index (Phi) is 10.6. The summed E-state index contributed by atoms with van der Waals surface area (Å²) in [6, 6.07) is 5.86. The van der Waals surface area contributed by atoms with Crippen molar-refractivity contribution in [2.45, 2.75) is 24.9 Å². The van der Waals surface area contributed by atoms with Crippen molar-refractivity contribution in [3.05, 3.63) is 33.8 Å². The zero-order valence-electron chi connectivity index (χ0n) is 19.6. The molecule has 198 valence electrons. The lowest BCUT2D eigenvalue weighted by molar-refractivity contribution is -0.142. The highest BCUT2D eigenvalue weighted by Gasteiger charge is 2.38. The Morgan fingerprint density at radius 2 is 1.92 bits per heavy atom. The van der Waals surface area contributed by atoms with E-state index in [1.54, 1.807) is 6.07 Å². The van der Waals surface area contributed by atoms with Crippen molar-refractivity contribution < 1.29 is 31.1 Å². The van der Waals surface area contributed by atoms with Crippen LogP contribution in [0, 0.1) is 5.41 Å². The number of aromatic nitrogens is 2. The summed E-state index contributed by atoms with van der Waals surface area (Å²) in [6.45, 7) is 5.62. The minimum atomic E-state index is -4.96. The molecule has 0 aliphatic heterocycles. The lowest BCUT2D eigenvalue weighted by Crippen LogP contribution is -2.31. The van der Waals surface area contributed by atoms with Crippen molar-refractivity contribution >= 4 is 54.5 Å². The Bertz CT molecular complexity index is 1230. The fourth-order valence-electron chi connectivity index (χ4n) is 2.84. The van der Waals surface area contributed by atoms with Gasteiger partial charge in [0.2, 0.25) is 0 Å². The molecule has 0 atom stereocenters. The van der Waals surface area contributed by atoms with Crippen molar-refractivity contribution in [2.75, 3.05) is 39.0 Å². The molecule has 2 N–H and O–H groups in total. The van der Waals surface area contributed by atoms with Crippen LogP contribution < -0.4 is 5.32 Å². The van der Waals surface area contributed by atoms with E-state index in [0.29, 0.717) is 12.1 Å². The molecule has 0 spiro atoms. The maximum Gasteiger partial charge on any atom is 0.433 e. The minimum Gasteiger partial charge on any atom is -0.463 e. The van der Waals surface area contributed by atoms with E-state index in [4.69, 9.17) is 10.1 Å². The van der Waals surface area contributed by atoms with Gasteiger partial charge in [-0.05, 0) is 41.2 Å². The van der Waals surface area contributed by atoms with E-state index in [1.807, 2.05) is 18.7 Å². The second-order valence-electron chi connectivity index (χ2n) is 7.38. The Morgan fingerprint density at radius 3 is 2.50 bits per heavy atom. The van der Waals surface area contributed by atoms with Gasteiger partial charge >= 0.3 is 12.1 Å². The number of ether oxygens (including phenoxy) is 1. The first-order valence-corrected chi connectivity index (χ1v) is 14.1. The van der Waals surface area contributed by atoms with Crippen molar-refractivity contribution in [3.63, 3.8) is 0 Å². The van der Waals surface area contributed by atoms with Crippen LogP contribution in [-0.2, 0) is 19.4 Å². The average Bonchev–Trinajstić information content (AvgIpc) is 3.30. The van der Waals surface area contributed by atoms with E-state index in [9.17, 15) is 26.4 Å². The SMILES string of the molecule is CCN(CC)CCOC(=O)CN/C(=C(/Br)C(=N)C(F)(F)F)c1nnc(-c2cccc(S(C)(=O)=O)c2)s1. The van der Waals surface area contributed by atoms with E-state index in [1.165, 1.54) is 18.2 Å².